The van der Waals surface area contributed by atoms with E-state index < -0.39 is 0 Å². The Hall–Kier alpha value is -1.19. The van der Waals surface area contributed by atoms with Gasteiger partial charge in [-0.3, -0.25) is 4.98 Å². The molecule has 3 heteroatoms. The Morgan fingerprint density at radius 1 is 1.29 bits per heavy atom. The molecular weight excluding hydrogens is 230 g/mol. The van der Waals surface area contributed by atoms with E-state index in [4.69, 9.17) is 0 Å². The lowest BCUT2D eigenvalue weighted by Gasteiger charge is -2.30. The molecule has 0 aliphatic rings. The summed E-state index contributed by atoms with van der Waals surface area (Å²) < 4.78 is 0. The molecule has 1 heterocycles. The molecule has 0 spiro atoms. The number of aliphatic hydroxyl groups is 1. The highest BCUT2D eigenvalue weighted by Gasteiger charge is 2.30. The molecule has 0 aliphatic heterocycles. The lowest BCUT2D eigenvalue weighted by molar-refractivity contribution is 0.187. The Morgan fingerprint density at radius 3 is 2.59 bits per heavy atom. The summed E-state index contributed by atoms with van der Waals surface area (Å²) in [6.07, 6.45) is 3.67. The first kappa shape index (κ1) is 12.3. The quantitative estimate of drug-likeness (QED) is 0.881. The molecule has 0 radical (unpaired) electrons. The standard InChI is InChI=1S/C14H17NOS/c1-2-14(10-16,8-13-9-15-11-17-13)12-6-4-3-5-7-12/h3-7,9,11,16H,2,8,10H2,1H3. The average molecular weight is 247 g/mol. The van der Waals surface area contributed by atoms with Crippen LogP contribution in [0.1, 0.15) is 23.8 Å². The van der Waals surface area contributed by atoms with Crippen LogP contribution in [0.4, 0.5) is 0 Å². The number of hydrogen-bond acceptors (Lipinski definition) is 3. The number of rotatable bonds is 5. The highest BCUT2D eigenvalue weighted by Crippen LogP contribution is 2.32. The SMILES string of the molecule is CCC(CO)(Cc1cncs1)c1ccccc1. The van der Waals surface area contributed by atoms with Crippen LogP contribution in [0.5, 0.6) is 0 Å². The van der Waals surface area contributed by atoms with Gasteiger partial charge in [0.25, 0.3) is 0 Å². The Labute approximate surface area is 106 Å². The van der Waals surface area contributed by atoms with Gasteiger partial charge >= 0.3 is 0 Å². The maximum Gasteiger partial charge on any atom is 0.0794 e. The smallest absolute Gasteiger partial charge is 0.0794 e. The van der Waals surface area contributed by atoms with Gasteiger partial charge < -0.3 is 5.11 Å². The van der Waals surface area contributed by atoms with Gasteiger partial charge in [-0.25, -0.2) is 0 Å². The molecular formula is C14H17NOS. The van der Waals surface area contributed by atoms with E-state index in [2.05, 4.69) is 24.0 Å². The van der Waals surface area contributed by atoms with E-state index in [1.165, 1.54) is 10.4 Å². The molecule has 1 N–H and O–H groups in total. The molecule has 1 atom stereocenters. The molecule has 0 saturated carbocycles. The van der Waals surface area contributed by atoms with Gasteiger partial charge in [-0.2, -0.15) is 0 Å². The van der Waals surface area contributed by atoms with Gasteiger partial charge in [-0.15, -0.1) is 11.3 Å². The highest BCUT2D eigenvalue weighted by atomic mass is 32.1. The molecule has 0 bridgehead atoms. The number of aromatic nitrogens is 1. The van der Waals surface area contributed by atoms with Crippen LogP contribution >= 0.6 is 11.3 Å². The van der Waals surface area contributed by atoms with Gasteiger partial charge in [-0.05, 0) is 18.4 Å². The molecule has 2 nitrogen and oxygen atoms in total. The fraction of sp³-hybridized carbons (Fsp3) is 0.357. The highest BCUT2D eigenvalue weighted by molar-refractivity contribution is 7.09. The van der Waals surface area contributed by atoms with Crippen LogP contribution in [-0.4, -0.2) is 16.7 Å². The number of benzene rings is 1. The van der Waals surface area contributed by atoms with Crippen molar-refractivity contribution in [3.05, 3.63) is 52.5 Å². The van der Waals surface area contributed by atoms with E-state index >= 15 is 0 Å². The zero-order chi connectivity index (χ0) is 12.1. The maximum absolute atomic E-state index is 9.81. The third kappa shape index (κ3) is 2.56. The second kappa shape index (κ2) is 5.43. The van der Waals surface area contributed by atoms with E-state index in [1.54, 1.807) is 11.3 Å². The van der Waals surface area contributed by atoms with Crippen LogP contribution in [0.25, 0.3) is 0 Å². The Balaban J connectivity index is 2.32. The predicted molar refractivity (Wildman–Crippen MR) is 71.3 cm³/mol. The first-order valence-electron chi connectivity index (χ1n) is 5.84. The Bertz CT molecular complexity index is 435. The Kier molecular flexibility index (Phi) is 3.92. The van der Waals surface area contributed by atoms with Crippen molar-refractivity contribution in [3.8, 4) is 0 Å². The number of thiazole rings is 1. The van der Waals surface area contributed by atoms with E-state index in [0.29, 0.717) is 0 Å². The summed E-state index contributed by atoms with van der Waals surface area (Å²) >= 11 is 1.65. The van der Waals surface area contributed by atoms with Gasteiger partial charge in [0.1, 0.15) is 0 Å². The van der Waals surface area contributed by atoms with Gasteiger partial charge in [0.15, 0.2) is 0 Å². The summed E-state index contributed by atoms with van der Waals surface area (Å²) in [5.41, 5.74) is 2.88. The zero-order valence-corrected chi connectivity index (χ0v) is 10.8. The summed E-state index contributed by atoms with van der Waals surface area (Å²) in [5.74, 6) is 0. The molecule has 0 saturated heterocycles. The van der Waals surface area contributed by atoms with Crippen molar-refractivity contribution < 1.29 is 5.11 Å². The monoisotopic (exact) mass is 247 g/mol. The van der Waals surface area contributed by atoms with Crippen LogP contribution in [0.3, 0.4) is 0 Å². The first-order valence-corrected chi connectivity index (χ1v) is 6.72. The van der Waals surface area contributed by atoms with Crippen LogP contribution < -0.4 is 0 Å². The summed E-state index contributed by atoms with van der Waals surface area (Å²) in [6, 6.07) is 10.3. The van der Waals surface area contributed by atoms with Crippen LogP contribution in [-0.2, 0) is 11.8 Å². The third-order valence-corrected chi connectivity index (χ3v) is 4.14. The number of nitrogens with zero attached hydrogens (tertiary/aromatic N) is 1. The average Bonchev–Trinajstić information content (AvgIpc) is 2.90. The third-order valence-electron chi connectivity index (χ3n) is 3.36. The molecule has 0 amide bonds. The molecule has 2 aromatic rings. The zero-order valence-electron chi connectivity index (χ0n) is 9.97. The van der Waals surface area contributed by atoms with E-state index in [-0.39, 0.29) is 12.0 Å². The second-order valence-corrected chi connectivity index (χ2v) is 5.27. The van der Waals surface area contributed by atoms with Gasteiger partial charge in [0.2, 0.25) is 0 Å². The van der Waals surface area contributed by atoms with Crippen molar-refractivity contribution in [3.63, 3.8) is 0 Å². The number of hydrogen-bond donors (Lipinski definition) is 1. The largest absolute Gasteiger partial charge is 0.395 e. The summed E-state index contributed by atoms with van der Waals surface area (Å²) in [7, 11) is 0. The fourth-order valence-corrected chi connectivity index (χ4v) is 2.88. The summed E-state index contributed by atoms with van der Waals surface area (Å²) in [4.78, 5) is 5.33. The molecule has 2 rings (SSSR count). The van der Waals surface area contributed by atoms with Crippen LogP contribution in [0, 0.1) is 0 Å². The van der Waals surface area contributed by atoms with Crippen molar-refractivity contribution in [2.45, 2.75) is 25.2 Å². The second-order valence-electron chi connectivity index (χ2n) is 4.30. The molecule has 17 heavy (non-hydrogen) atoms. The molecule has 90 valence electrons. The van der Waals surface area contributed by atoms with E-state index in [1.807, 2.05) is 29.9 Å². The molecule has 1 aromatic carbocycles. The van der Waals surface area contributed by atoms with Crippen molar-refractivity contribution in [2.75, 3.05) is 6.61 Å². The van der Waals surface area contributed by atoms with Gasteiger partial charge in [0.05, 0.1) is 12.1 Å². The minimum absolute atomic E-state index is 0.172. The molecule has 1 unspecified atom stereocenters. The Morgan fingerprint density at radius 2 is 2.06 bits per heavy atom. The summed E-state index contributed by atoms with van der Waals surface area (Å²) in [5, 5.41) is 9.81. The molecule has 1 aromatic heterocycles. The van der Waals surface area contributed by atoms with Crippen LogP contribution in [0.2, 0.25) is 0 Å². The van der Waals surface area contributed by atoms with Gasteiger partial charge in [0, 0.05) is 16.5 Å². The molecule has 0 fully saturated rings. The fourth-order valence-electron chi connectivity index (χ4n) is 2.14. The topological polar surface area (TPSA) is 33.1 Å². The van der Waals surface area contributed by atoms with Crippen molar-refractivity contribution in [1.82, 2.24) is 4.98 Å². The lowest BCUT2D eigenvalue weighted by atomic mass is 9.76. The van der Waals surface area contributed by atoms with Gasteiger partial charge in [-0.1, -0.05) is 37.3 Å². The van der Waals surface area contributed by atoms with E-state index in [0.717, 1.165) is 12.8 Å². The van der Waals surface area contributed by atoms with Crippen LogP contribution in [0.15, 0.2) is 42.0 Å². The predicted octanol–water partition coefficient (Wildman–Crippen LogP) is 3.03. The lowest BCUT2D eigenvalue weighted by Crippen LogP contribution is -2.32. The number of aliphatic hydroxyl groups excluding tert-OH is 1. The minimum Gasteiger partial charge on any atom is -0.395 e. The van der Waals surface area contributed by atoms with Crippen molar-refractivity contribution >= 4 is 11.3 Å². The van der Waals surface area contributed by atoms with Crippen molar-refractivity contribution in [1.29, 1.82) is 0 Å². The first-order chi connectivity index (χ1) is 8.30. The van der Waals surface area contributed by atoms with Crippen molar-refractivity contribution in [2.24, 2.45) is 0 Å². The summed E-state index contributed by atoms with van der Waals surface area (Å²) in [6.45, 7) is 2.30. The normalized spacial score (nSPS) is 14.5. The molecule has 0 aliphatic carbocycles. The minimum atomic E-state index is -0.173. The maximum atomic E-state index is 9.81. The van der Waals surface area contributed by atoms with E-state index in [9.17, 15) is 5.11 Å².